The van der Waals surface area contributed by atoms with Crippen molar-refractivity contribution in [3.8, 4) is 0 Å². The number of methoxy groups -OCH3 is 1. The zero-order valence-electron chi connectivity index (χ0n) is 12.1. The highest BCUT2D eigenvalue weighted by Crippen LogP contribution is 2.35. The van der Waals surface area contributed by atoms with Crippen LogP contribution in [0.3, 0.4) is 0 Å². The van der Waals surface area contributed by atoms with Gasteiger partial charge in [0, 0.05) is 0 Å². The van der Waals surface area contributed by atoms with Crippen LogP contribution in [-0.4, -0.2) is 18.9 Å². The Morgan fingerprint density at radius 1 is 1.16 bits per heavy atom. The van der Waals surface area contributed by atoms with Gasteiger partial charge in [-0.25, -0.2) is 0 Å². The van der Waals surface area contributed by atoms with Crippen LogP contribution in [0.15, 0.2) is 30.3 Å². The minimum atomic E-state index is -0.731. The fraction of sp³-hybridized carbons (Fsp3) is 0.500. The lowest BCUT2D eigenvalue weighted by atomic mass is 9.69. The fourth-order valence-corrected chi connectivity index (χ4v) is 2.60. The number of esters is 1. The van der Waals surface area contributed by atoms with E-state index in [0.29, 0.717) is 12.8 Å². The molecule has 1 aromatic carbocycles. The van der Waals surface area contributed by atoms with E-state index < -0.39 is 17.3 Å². The molecule has 3 nitrogen and oxygen atoms in total. The Labute approximate surface area is 115 Å². The number of hydrogen-bond donors (Lipinski definition) is 0. The summed E-state index contributed by atoms with van der Waals surface area (Å²) in [5.74, 6) is -1.26. The third kappa shape index (κ3) is 2.86. The first-order valence-electron chi connectivity index (χ1n) is 6.71. The van der Waals surface area contributed by atoms with Crippen LogP contribution < -0.4 is 0 Å². The van der Waals surface area contributed by atoms with Gasteiger partial charge < -0.3 is 4.74 Å². The molecular weight excluding hydrogens is 240 g/mol. The van der Waals surface area contributed by atoms with E-state index in [1.165, 1.54) is 7.11 Å². The molecule has 0 amide bonds. The largest absolute Gasteiger partial charge is 0.468 e. The Balaban J connectivity index is 3.20. The van der Waals surface area contributed by atoms with E-state index in [1.807, 2.05) is 44.2 Å². The molecule has 1 rings (SSSR count). The average molecular weight is 262 g/mol. The first-order chi connectivity index (χ1) is 9.03. The number of rotatable bonds is 6. The molecule has 0 aromatic heterocycles. The predicted octanol–water partition coefficient (Wildman–Crippen LogP) is 3.12. The summed E-state index contributed by atoms with van der Waals surface area (Å²) in [7, 11) is 1.31. The van der Waals surface area contributed by atoms with Gasteiger partial charge in [-0.1, -0.05) is 44.2 Å². The second kappa shape index (κ2) is 6.50. The average Bonchev–Trinajstić information content (AvgIpc) is 2.48. The lowest BCUT2D eigenvalue weighted by molar-refractivity contribution is -0.150. The number of hydrogen-bond acceptors (Lipinski definition) is 3. The van der Waals surface area contributed by atoms with Crippen molar-refractivity contribution in [1.29, 1.82) is 0 Å². The summed E-state index contributed by atoms with van der Waals surface area (Å²) in [6, 6.07) is 9.68. The normalized spacial score (nSPS) is 12.8. The third-order valence-corrected chi connectivity index (χ3v) is 3.95. The molecule has 3 heteroatoms. The molecule has 0 aliphatic heterocycles. The van der Waals surface area contributed by atoms with Crippen molar-refractivity contribution >= 4 is 11.8 Å². The highest BCUT2D eigenvalue weighted by Gasteiger charge is 2.41. The van der Waals surface area contributed by atoms with Gasteiger partial charge in [0.2, 0.25) is 0 Å². The summed E-state index contributed by atoms with van der Waals surface area (Å²) in [4.78, 5) is 24.3. The number of carbonyl (C=O) groups excluding carboxylic acids is 2. The van der Waals surface area contributed by atoms with Crippen molar-refractivity contribution in [2.24, 2.45) is 5.92 Å². The van der Waals surface area contributed by atoms with Crippen LogP contribution in [0.4, 0.5) is 0 Å². The molecule has 0 bridgehead atoms. The molecule has 0 aliphatic rings. The van der Waals surface area contributed by atoms with Gasteiger partial charge in [0.25, 0.3) is 0 Å². The summed E-state index contributed by atoms with van der Waals surface area (Å²) < 4.78 is 4.69. The predicted molar refractivity (Wildman–Crippen MR) is 74.9 cm³/mol. The van der Waals surface area contributed by atoms with Gasteiger partial charge in [0.1, 0.15) is 5.92 Å². The molecule has 0 aliphatic carbocycles. The quantitative estimate of drug-likeness (QED) is 0.584. The van der Waals surface area contributed by atoms with Crippen LogP contribution in [0.5, 0.6) is 0 Å². The summed E-state index contributed by atoms with van der Waals surface area (Å²) in [5.41, 5.74) is 0.371. The fourth-order valence-electron chi connectivity index (χ4n) is 2.60. The van der Waals surface area contributed by atoms with Crippen LogP contribution in [0.1, 0.15) is 39.2 Å². The number of benzene rings is 1. The van der Waals surface area contributed by atoms with Crippen LogP contribution in [0.2, 0.25) is 0 Å². The molecule has 1 aromatic rings. The number of carbonyl (C=O) groups is 2. The zero-order chi connectivity index (χ0) is 14.5. The summed E-state index contributed by atoms with van der Waals surface area (Å²) >= 11 is 0. The van der Waals surface area contributed by atoms with Crippen molar-refractivity contribution in [3.63, 3.8) is 0 Å². The van der Waals surface area contributed by atoms with Gasteiger partial charge in [0.05, 0.1) is 12.5 Å². The molecule has 0 radical (unpaired) electrons. The van der Waals surface area contributed by atoms with Crippen molar-refractivity contribution in [1.82, 2.24) is 0 Å². The van der Waals surface area contributed by atoms with E-state index in [0.717, 1.165) is 5.56 Å². The molecule has 0 saturated carbocycles. The Kier molecular flexibility index (Phi) is 5.28. The highest BCUT2D eigenvalue weighted by atomic mass is 16.5. The van der Waals surface area contributed by atoms with Gasteiger partial charge in [-0.15, -0.1) is 0 Å². The van der Waals surface area contributed by atoms with Crippen molar-refractivity contribution in [3.05, 3.63) is 35.9 Å². The second-order valence-electron chi connectivity index (χ2n) is 4.76. The minimum absolute atomic E-state index is 0.0597. The lowest BCUT2D eigenvalue weighted by Gasteiger charge is -2.32. The molecule has 1 unspecified atom stereocenters. The minimum Gasteiger partial charge on any atom is -0.468 e. The van der Waals surface area contributed by atoms with Gasteiger partial charge in [-0.05, 0) is 25.3 Å². The van der Waals surface area contributed by atoms with E-state index in [-0.39, 0.29) is 5.78 Å². The third-order valence-electron chi connectivity index (χ3n) is 3.95. The van der Waals surface area contributed by atoms with Gasteiger partial charge in [0.15, 0.2) is 5.78 Å². The van der Waals surface area contributed by atoms with Crippen LogP contribution in [0, 0.1) is 5.92 Å². The Morgan fingerprint density at radius 3 is 2.11 bits per heavy atom. The topological polar surface area (TPSA) is 43.4 Å². The van der Waals surface area contributed by atoms with Crippen LogP contribution in [-0.2, 0) is 19.7 Å². The SMILES string of the molecule is CCC(CC)(C(=O)C(C)C(=O)OC)c1ccccc1. The van der Waals surface area contributed by atoms with E-state index in [2.05, 4.69) is 0 Å². The monoisotopic (exact) mass is 262 g/mol. The van der Waals surface area contributed by atoms with Crippen molar-refractivity contribution in [2.45, 2.75) is 39.0 Å². The molecule has 0 heterocycles. The first kappa shape index (κ1) is 15.4. The maximum atomic E-state index is 12.7. The lowest BCUT2D eigenvalue weighted by Crippen LogP contribution is -2.41. The van der Waals surface area contributed by atoms with Crippen LogP contribution in [0.25, 0.3) is 0 Å². The molecular formula is C16H22O3. The maximum Gasteiger partial charge on any atom is 0.315 e. The molecule has 1 atom stereocenters. The zero-order valence-corrected chi connectivity index (χ0v) is 12.1. The highest BCUT2D eigenvalue weighted by molar-refractivity contribution is 6.04. The van der Waals surface area contributed by atoms with Crippen LogP contribution >= 0.6 is 0 Å². The standard InChI is InChI=1S/C16H22O3/c1-5-16(6-2,13-10-8-7-9-11-13)14(17)12(3)15(18)19-4/h7-12H,5-6H2,1-4H3. The smallest absolute Gasteiger partial charge is 0.315 e. The summed E-state index contributed by atoms with van der Waals surface area (Å²) in [6.45, 7) is 5.59. The summed E-state index contributed by atoms with van der Waals surface area (Å²) in [5, 5.41) is 0. The molecule has 19 heavy (non-hydrogen) atoms. The number of ether oxygens (including phenoxy) is 1. The molecule has 0 fully saturated rings. The Hall–Kier alpha value is -1.64. The molecule has 104 valence electrons. The van der Waals surface area contributed by atoms with E-state index in [4.69, 9.17) is 4.74 Å². The second-order valence-corrected chi connectivity index (χ2v) is 4.76. The van der Waals surface area contributed by atoms with Gasteiger partial charge in [-0.2, -0.15) is 0 Å². The summed E-state index contributed by atoms with van der Waals surface area (Å²) in [6.07, 6.45) is 1.35. The van der Waals surface area contributed by atoms with E-state index >= 15 is 0 Å². The number of Topliss-reactive ketones (excluding diaryl/α,β-unsaturated/α-hetero) is 1. The Morgan fingerprint density at radius 2 is 1.68 bits per heavy atom. The van der Waals surface area contributed by atoms with Gasteiger partial charge in [-0.3, -0.25) is 9.59 Å². The van der Waals surface area contributed by atoms with Crippen molar-refractivity contribution < 1.29 is 14.3 Å². The first-order valence-corrected chi connectivity index (χ1v) is 6.71. The van der Waals surface area contributed by atoms with Crippen molar-refractivity contribution in [2.75, 3.05) is 7.11 Å². The van der Waals surface area contributed by atoms with Gasteiger partial charge >= 0.3 is 5.97 Å². The molecule has 0 N–H and O–H groups in total. The molecule has 0 spiro atoms. The van der Waals surface area contributed by atoms with E-state index in [9.17, 15) is 9.59 Å². The Bertz CT molecular complexity index is 433. The van der Waals surface area contributed by atoms with E-state index in [1.54, 1.807) is 6.92 Å². The number of ketones is 1. The maximum absolute atomic E-state index is 12.7. The molecule has 0 saturated heterocycles.